The molecule has 0 aromatic carbocycles. The van der Waals surface area contributed by atoms with E-state index in [4.69, 9.17) is 5.11 Å². The fourth-order valence-electron chi connectivity index (χ4n) is 1.37. The van der Waals surface area contributed by atoms with E-state index in [0.29, 0.717) is 12.5 Å². The first kappa shape index (κ1) is 14.9. The minimum absolute atomic E-state index is 0.0218. The molecule has 0 aliphatic carbocycles. The molecule has 1 N–H and O–H groups in total. The Morgan fingerprint density at radius 2 is 1.62 bits per heavy atom. The standard InChI is InChI=1S/C12H23NO3/c1-8(2)7-13(9(3)4)10(14)12(5,6)11(15)16/h8-9H,7H2,1-6H3,(H,15,16). The number of carboxylic acids is 1. The third kappa shape index (κ3) is 3.51. The Balaban J connectivity index is 4.95. The van der Waals surface area contributed by atoms with Crippen LogP contribution in [0, 0.1) is 11.3 Å². The van der Waals surface area contributed by atoms with Crippen molar-refractivity contribution >= 4 is 11.9 Å². The number of amides is 1. The van der Waals surface area contributed by atoms with Crippen molar-refractivity contribution in [3.05, 3.63) is 0 Å². The summed E-state index contributed by atoms with van der Waals surface area (Å²) in [7, 11) is 0. The molecule has 0 aliphatic rings. The number of carboxylic acid groups (broad SMARTS) is 1. The van der Waals surface area contributed by atoms with Crippen LogP contribution in [0.4, 0.5) is 0 Å². The molecule has 0 heterocycles. The molecule has 0 aromatic rings. The van der Waals surface area contributed by atoms with Crippen molar-refractivity contribution in [2.45, 2.75) is 47.6 Å². The Kier molecular flexibility index (Phi) is 4.97. The molecule has 16 heavy (non-hydrogen) atoms. The van der Waals surface area contributed by atoms with Crippen LogP contribution < -0.4 is 0 Å². The maximum absolute atomic E-state index is 12.1. The summed E-state index contributed by atoms with van der Waals surface area (Å²) in [5, 5.41) is 9.03. The first-order valence-corrected chi connectivity index (χ1v) is 5.65. The van der Waals surface area contributed by atoms with Crippen LogP contribution in [-0.2, 0) is 9.59 Å². The topological polar surface area (TPSA) is 57.6 Å². The predicted molar refractivity (Wildman–Crippen MR) is 63.1 cm³/mol. The first-order valence-electron chi connectivity index (χ1n) is 5.65. The van der Waals surface area contributed by atoms with Gasteiger partial charge in [0.2, 0.25) is 5.91 Å². The van der Waals surface area contributed by atoms with Crippen molar-refractivity contribution < 1.29 is 14.7 Å². The Bertz CT molecular complexity index is 269. The van der Waals surface area contributed by atoms with E-state index >= 15 is 0 Å². The molecule has 4 nitrogen and oxygen atoms in total. The Labute approximate surface area is 97.6 Å². The summed E-state index contributed by atoms with van der Waals surface area (Å²) in [6.07, 6.45) is 0. The highest BCUT2D eigenvalue weighted by molar-refractivity contribution is 6.01. The summed E-state index contributed by atoms with van der Waals surface area (Å²) in [5.74, 6) is -1.06. The van der Waals surface area contributed by atoms with Crippen LogP contribution >= 0.6 is 0 Å². The lowest BCUT2D eigenvalue weighted by molar-refractivity contribution is -0.159. The number of nitrogens with zero attached hydrogens (tertiary/aromatic N) is 1. The van der Waals surface area contributed by atoms with Crippen LogP contribution in [0.2, 0.25) is 0 Å². The highest BCUT2D eigenvalue weighted by Gasteiger charge is 2.40. The van der Waals surface area contributed by atoms with Crippen molar-refractivity contribution in [2.75, 3.05) is 6.54 Å². The normalized spacial score (nSPS) is 12.0. The highest BCUT2D eigenvalue weighted by Crippen LogP contribution is 2.21. The van der Waals surface area contributed by atoms with E-state index in [1.807, 2.05) is 27.7 Å². The second-order valence-electron chi connectivity index (χ2n) is 5.38. The molecular formula is C12H23NO3. The van der Waals surface area contributed by atoms with Crippen LogP contribution in [0.15, 0.2) is 0 Å². The zero-order chi connectivity index (χ0) is 13.1. The SMILES string of the molecule is CC(C)CN(C(=O)C(C)(C)C(=O)O)C(C)C. The third-order valence-corrected chi connectivity index (χ3v) is 2.52. The molecular weight excluding hydrogens is 206 g/mol. The van der Waals surface area contributed by atoms with Crippen molar-refractivity contribution in [1.29, 1.82) is 0 Å². The summed E-state index contributed by atoms with van der Waals surface area (Å²) in [6.45, 7) is 11.3. The van der Waals surface area contributed by atoms with Crippen LogP contribution in [0.1, 0.15) is 41.5 Å². The van der Waals surface area contributed by atoms with Gasteiger partial charge in [0.1, 0.15) is 5.41 Å². The van der Waals surface area contributed by atoms with Gasteiger partial charge in [-0.15, -0.1) is 0 Å². The number of aliphatic carboxylic acids is 1. The van der Waals surface area contributed by atoms with E-state index in [2.05, 4.69) is 0 Å². The monoisotopic (exact) mass is 229 g/mol. The van der Waals surface area contributed by atoms with Gasteiger partial charge in [0.15, 0.2) is 0 Å². The number of hydrogen-bond acceptors (Lipinski definition) is 2. The Morgan fingerprint density at radius 3 is 1.88 bits per heavy atom. The molecule has 4 heteroatoms. The molecule has 0 fully saturated rings. The predicted octanol–water partition coefficient (Wildman–Crippen LogP) is 1.99. The molecule has 0 radical (unpaired) electrons. The van der Waals surface area contributed by atoms with Gasteiger partial charge in [-0.3, -0.25) is 9.59 Å². The molecule has 0 spiro atoms. The number of carbonyl (C=O) groups is 2. The van der Waals surface area contributed by atoms with E-state index in [9.17, 15) is 9.59 Å². The zero-order valence-electron chi connectivity index (χ0n) is 11.1. The Morgan fingerprint density at radius 1 is 1.19 bits per heavy atom. The smallest absolute Gasteiger partial charge is 0.318 e. The van der Waals surface area contributed by atoms with Gasteiger partial charge in [-0.1, -0.05) is 13.8 Å². The van der Waals surface area contributed by atoms with Crippen molar-refractivity contribution in [1.82, 2.24) is 4.90 Å². The van der Waals surface area contributed by atoms with Gasteiger partial charge in [-0.2, -0.15) is 0 Å². The van der Waals surface area contributed by atoms with Gasteiger partial charge in [0.05, 0.1) is 0 Å². The second kappa shape index (κ2) is 5.32. The van der Waals surface area contributed by atoms with Crippen LogP contribution in [0.3, 0.4) is 0 Å². The number of rotatable bonds is 5. The first-order chi connectivity index (χ1) is 7.10. The van der Waals surface area contributed by atoms with Gasteiger partial charge in [-0.25, -0.2) is 0 Å². The summed E-state index contributed by atoms with van der Waals surface area (Å²) < 4.78 is 0. The third-order valence-electron chi connectivity index (χ3n) is 2.52. The number of carbonyl (C=O) groups excluding carboxylic acids is 1. The van der Waals surface area contributed by atoms with E-state index < -0.39 is 11.4 Å². The van der Waals surface area contributed by atoms with E-state index in [1.165, 1.54) is 13.8 Å². The lowest BCUT2D eigenvalue weighted by Gasteiger charge is -2.33. The lowest BCUT2D eigenvalue weighted by atomic mass is 9.91. The fourth-order valence-corrected chi connectivity index (χ4v) is 1.37. The van der Waals surface area contributed by atoms with Gasteiger partial charge >= 0.3 is 5.97 Å². The minimum atomic E-state index is -1.35. The fraction of sp³-hybridized carbons (Fsp3) is 0.833. The molecule has 0 aromatic heterocycles. The highest BCUT2D eigenvalue weighted by atomic mass is 16.4. The van der Waals surface area contributed by atoms with E-state index in [1.54, 1.807) is 4.90 Å². The molecule has 0 rings (SSSR count). The summed E-state index contributed by atoms with van der Waals surface area (Å²) >= 11 is 0. The van der Waals surface area contributed by atoms with Gasteiger partial charge in [0, 0.05) is 12.6 Å². The molecule has 94 valence electrons. The second-order valence-corrected chi connectivity index (χ2v) is 5.38. The molecule has 0 aliphatic heterocycles. The van der Waals surface area contributed by atoms with E-state index in [0.717, 1.165) is 0 Å². The molecule has 0 bridgehead atoms. The van der Waals surface area contributed by atoms with Crippen molar-refractivity contribution in [2.24, 2.45) is 11.3 Å². The maximum atomic E-state index is 12.1. The van der Waals surface area contributed by atoms with Crippen LogP contribution in [0.5, 0.6) is 0 Å². The van der Waals surface area contributed by atoms with Crippen molar-refractivity contribution in [3.8, 4) is 0 Å². The lowest BCUT2D eigenvalue weighted by Crippen LogP contribution is -2.49. The summed E-state index contributed by atoms with van der Waals surface area (Å²) in [5.41, 5.74) is -1.35. The van der Waals surface area contributed by atoms with Crippen molar-refractivity contribution in [3.63, 3.8) is 0 Å². The Hall–Kier alpha value is -1.06. The molecule has 0 saturated heterocycles. The summed E-state index contributed by atoms with van der Waals surface area (Å²) in [6, 6.07) is 0.0218. The van der Waals surface area contributed by atoms with Gasteiger partial charge < -0.3 is 10.0 Å². The zero-order valence-corrected chi connectivity index (χ0v) is 11.1. The number of hydrogen-bond donors (Lipinski definition) is 1. The molecule has 0 saturated carbocycles. The van der Waals surface area contributed by atoms with Gasteiger partial charge in [-0.05, 0) is 33.6 Å². The molecule has 1 amide bonds. The van der Waals surface area contributed by atoms with Crippen LogP contribution in [-0.4, -0.2) is 34.5 Å². The summed E-state index contributed by atoms with van der Waals surface area (Å²) in [4.78, 5) is 24.8. The molecule has 0 atom stereocenters. The largest absolute Gasteiger partial charge is 0.480 e. The van der Waals surface area contributed by atoms with Gasteiger partial charge in [0.25, 0.3) is 0 Å². The van der Waals surface area contributed by atoms with E-state index in [-0.39, 0.29) is 11.9 Å². The quantitative estimate of drug-likeness (QED) is 0.733. The molecule has 0 unspecified atom stereocenters. The minimum Gasteiger partial charge on any atom is -0.480 e. The average molecular weight is 229 g/mol. The maximum Gasteiger partial charge on any atom is 0.318 e. The van der Waals surface area contributed by atoms with Crippen LogP contribution in [0.25, 0.3) is 0 Å². The average Bonchev–Trinajstić information content (AvgIpc) is 2.11.